The Morgan fingerprint density at radius 1 is 1.44 bits per heavy atom. The summed E-state index contributed by atoms with van der Waals surface area (Å²) in [5, 5.41) is 7.23. The minimum absolute atomic E-state index is 0.626. The molecular formula is C10H9N3OS2. The summed E-state index contributed by atoms with van der Waals surface area (Å²) in [4.78, 5) is 4.20. The second kappa shape index (κ2) is 5.00. The average Bonchev–Trinajstić information content (AvgIpc) is 2.73. The number of aromatic nitrogens is 2. The summed E-state index contributed by atoms with van der Waals surface area (Å²) in [5.41, 5.74) is 0.988. The quantitative estimate of drug-likeness (QED) is 0.674. The number of hydrogen-bond acceptors (Lipinski definition) is 5. The normalized spacial score (nSPS) is 10.8. The van der Waals surface area contributed by atoms with Crippen LogP contribution >= 0.6 is 23.6 Å². The lowest BCUT2D eigenvalue weighted by Crippen LogP contribution is -1.84. The predicted molar refractivity (Wildman–Crippen MR) is 67.5 cm³/mol. The molecule has 16 heavy (non-hydrogen) atoms. The number of ether oxygens (including phenoxy) is 1. The maximum Gasteiger partial charge on any atom is 0.230 e. The number of nitrogens with one attached hydrogen (secondary N) is 1. The highest BCUT2D eigenvalue weighted by Crippen LogP contribution is 2.15. The monoisotopic (exact) mass is 251 g/mol. The zero-order valence-electron chi connectivity index (χ0n) is 8.51. The Kier molecular flexibility index (Phi) is 3.43. The van der Waals surface area contributed by atoms with Crippen LogP contribution in [0.3, 0.4) is 0 Å². The van der Waals surface area contributed by atoms with Crippen LogP contribution in [0.2, 0.25) is 0 Å². The lowest BCUT2D eigenvalue weighted by atomic mass is 10.2. The summed E-state index contributed by atoms with van der Waals surface area (Å²) in [5.74, 6) is 0.826. The van der Waals surface area contributed by atoms with Gasteiger partial charge in [0.1, 0.15) is 5.75 Å². The molecule has 2 rings (SSSR count). The molecular weight excluding hydrogens is 242 g/mol. The molecule has 1 aromatic carbocycles. The first-order valence-corrected chi connectivity index (χ1v) is 5.74. The van der Waals surface area contributed by atoms with Crippen molar-refractivity contribution in [2.45, 2.75) is 0 Å². The Balaban J connectivity index is 2.14. The smallest absolute Gasteiger partial charge is 0.230 e. The van der Waals surface area contributed by atoms with Crippen LogP contribution in [0.4, 0.5) is 5.13 Å². The fraction of sp³-hybridized carbons (Fsp3) is 0.100. The standard InChI is InChI=1S/C10H9N3OS2/c1-14-8-4-2-7(3-5-8)6-11-9-12-13-10(15)16-9/h2-6H,1H3,(H,13,15)/b11-6+. The minimum Gasteiger partial charge on any atom is -0.497 e. The van der Waals surface area contributed by atoms with Gasteiger partial charge in [-0.05, 0) is 42.0 Å². The maximum absolute atomic E-state index is 5.06. The zero-order chi connectivity index (χ0) is 11.4. The van der Waals surface area contributed by atoms with Crippen molar-refractivity contribution in [1.29, 1.82) is 0 Å². The molecule has 0 bridgehead atoms. The van der Waals surface area contributed by atoms with Crippen molar-refractivity contribution in [3.05, 3.63) is 33.8 Å². The maximum atomic E-state index is 5.06. The van der Waals surface area contributed by atoms with Crippen molar-refractivity contribution < 1.29 is 4.74 Å². The largest absolute Gasteiger partial charge is 0.497 e. The first-order valence-electron chi connectivity index (χ1n) is 4.51. The molecule has 0 atom stereocenters. The van der Waals surface area contributed by atoms with Crippen LogP contribution in [0.1, 0.15) is 5.56 Å². The van der Waals surface area contributed by atoms with Crippen molar-refractivity contribution in [2.24, 2.45) is 4.99 Å². The van der Waals surface area contributed by atoms with E-state index in [1.165, 1.54) is 11.3 Å². The van der Waals surface area contributed by atoms with Crippen molar-refractivity contribution in [3.8, 4) is 5.75 Å². The molecule has 0 aliphatic rings. The molecule has 0 aliphatic carbocycles. The van der Waals surface area contributed by atoms with Gasteiger partial charge in [0.05, 0.1) is 7.11 Å². The molecule has 1 aromatic heterocycles. The van der Waals surface area contributed by atoms with Crippen LogP contribution in [0.5, 0.6) is 5.75 Å². The van der Waals surface area contributed by atoms with Gasteiger partial charge in [0, 0.05) is 6.21 Å². The summed E-state index contributed by atoms with van der Waals surface area (Å²) in [7, 11) is 1.64. The second-order valence-corrected chi connectivity index (χ2v) is 4.57. The molecule has 0 saturated heterocycles. The van der Waals surface area contributed by atoms with E-state index in [9.17, 15) is 0 Å². The molecule has 0 radical (unpaired) electrons. The van der Waals surface area contributed by atoms with E-state index in [1.807, 2.05) is 24.3 Å². The van der Waals surface area contributed by atoms with Gasteiger partial charge in [-0.15, -0.1) is 5.10 Å². The molecule has 0 spiro atoms. The van der Waals surface area contributed by atoms with Crippen molar-refractivity contribution >= 4 is 34.9 Å². The Labute approximate surface area is 102 Å². The second-order valence-electron chi connectivity index (χ2n) is 2.93. The van der Waals surface area contributed by atoms with E-state index < -0.39 is 0 Å². The number of rotatable bonds is 3. The SMILES string of the molecule is COc1ccc(/C=N/c2n[nH]c(=S)s2)cc1. The third kappa shape index (κ3) is 2.74. The van der Waals surface area contributed by atoms with E-state index in [0.29, 0.717) is 9.09 Å². The number of hydrogen-bond donors (Lipinski definition) is 1. The molecule has 0 unspecified atom stereocenters. The lowest BCUT2D eigenvalue weighted by Gasteiger charge is -1.98. The molecule has 0 saturated carbocycles. The van der Waals surface area contributed by atoms with Gasteiger partial charge < -0.3 is 4.74 Å². The Bertz CT molecular complexity index is 542. The molecule has 0 aliphatic heterocycles. The third-order valence-electron chi connectivity index (χ3n) is 1.87. The van der Waals surface area contributed by atoms with Crippen LogP contribution in [-0.2, 0) is 0 Å². The first kappa shape index (κ1) is 11.0. The highest BCUT2D eigenvalue weighted by molar-refractivity contribution is 7.73. The number of nitrogens with zero attached hydrogens (tertiary/aromatic N) is 2. The van der Waals surface area contributed by atoms with Crippen molar-refractivity contribution in [2.75, 3.05) is 7.11 Å². The molecule has 1 N–H and O–H groups in total. The summed E-state index contributed by atoms with van der Waals surface area (Å²) < 4.78 is 5.69. The molecule has 82 valence electrons. The first-order chi connectivity index (χ1) is 7.78. The van der Waals surface area contributed by atoms with Gasteiger partial charge in [0.25, 0.3) is 0 Å². The number of aromatic amines is 1. The molecule has 0 amide bonds. The van der Waals surface area contributed by atoms with Crippen LogP contribution in [0.15, 0.2) is 29.3 Å². The highest BCUT2D eigenvalue weighted by atomic mass is 32.1. The fourth-order valence-electron chi connectivity index (χ4n) is 1.10. The van der Waals surface area contributed by atoms with Crippen LogP contribution in [0, 0.1) is 3.95 Å². The van der Waals surface area contributed by atoms with E-state index >= 15 is 0 Å². The molecule has 4 nitrogen and oxygen atoms in total. The Morgan fingerprint density at radius 2 is 2.19 bits per heavy atom. The van der Waals surface area contributed by atoms with E-state index in [0.717, 1.165) is 11.3 Å². The van der Waals surface area contributed by atoms with Gasteiger partial charge in [-0.1, -0.05) is 11.3 Å². The summed E-state index contributed by atoms with van der Waals surface area (Å²) in [6.07, 6.45) is 1.74. The van der Waals surface area contributed by atoms with E-state index in [1.54, 1.807) is 13.3 Å². The van der Waals surface area contributed by atoms with Gasteiger partial charge in [0.15, 0.2) is 3.95 Å². The average molecular weight is 251 g/mol. The van der Waals surface area contributed by atoms with Gasteiger partial charge in [-0.2, -0.15) is 0 Å². The Hall–Kier alpha value is -1.53. The highest BCUT2D eigenvalue weighted by Gasteiger charge is 1.93. The van der Waals surface area contributed by atoms with Crippen LogP contribution in [0.25, 0.3) is 0 Å². The van der Waals surface area contributed by atoms with Crippen molar-refractivity contribution in [3.63, 3.8) is 0 Å². The number of H-pyrrole nitrogens is 1. The van der Waals surface area contributed by atoms with Gasteiger partial charge in [-0.25, -0.2) is 4.99 Å². The Morgan fingerprint density at radius 3 is 2.75 bits per heavy atom. The fourth-order valence-corrected chi connectivity index (χ4v) is 1.82. The predicted octanol–water partition coefficient (Wildman–Crippen LogP) is 2.96. The van der Waals surface area contributed by atoms with E-state index in [-0.39, 0.29) is 0 Å². The summed E-state index contributed by atoms with van der Waals surface area (Å²) >= 11 is 6.25. The third-order valence-corrected chi connectivity index (χ3v) is 2.86. The minimum atomic E-state index is 0.626. The summed E-state index contributed by atoms with van der Waals surface area (Å²) in [6, 6.07) is 7.62. The zero-order valence-corrected chi connectivity index (χ0v) is 10.1. The molecule has 6 heteroatoms. The lowest BCUT2D eigenvalue weighted by molar-refractivity contribution is 0.415. The van der Waals surface area contributed by atoms with Gasteiger partial charge in [0.2, 0.25) is 5.13 Å². The number of benzene rings is 1. The van der Waals surface area contributed by atoms with Gasteiger partial charge in [-0.3, -0.25) is 5.10 Å². The van der Waals surface area contributed by atoms with Crippen LogP contribution in [-0.4, -0.2) is 23.5 Å². The topological polar surface area (TPSA) is 50.3 Å². The number of aliphatic imine (C=N–C) groups is 1. The number of methoxy groups -OCH3 is 1. The molecule has 2 aromatic rings. The van der Waals surface area contributed by atoms with Gasteiger partial charge >= 0.3 is 0 Å². The molecule has 0 fully saturated rings. The molecule has 1 heterocycles. The van der Waals surface area contributed by atoms with Crippen molar-refractivity contribution in [1.82, 2.24) is 10.2 Å². The van der Waals surface area contributed by atoms with Crippen LogP contribution < -0.4 is 4.74 Å². The van der Waals surface area contributed by atoms with E-state index in [2.05, 4.69) is 15.2 Å². The van der Waals surface area contributed by atoms with E-state index in [4.69, 9.17) is 17.0 Å². The summed E-state index contributed by atoms with van der Waals surface area (Å²) in [6.45, 7) is 0.